The second kappa shape index (κ2) is 8.08. The molecule has 2 aromatic heterocycles. The van der Waals surface area contributed by atoms with E-state index >= 15 is 0 Å². The predicted molar refractivity (Wildman–Crippen MR) is 119 cm³/mol. The zero-order valence-electron chi connectivity index (χ0n) is 17.6. The highest BCUT2D eigenvalue weighted by molar-refractivity contribution is 5.95. The summed E-state index contributed by atoms with van der Waals surface area (Å²) in [6.45, 7) is 6.58. The van der Waals surface area contributed by atoms with E-state index in [1.54, 1.807) is 19.5 Å². The minimum absolute atomic E-state index is 0.706. The van der Waals surface area contributed by atoms with Gasteiger partial charge in [-0.25, -0.2) is 9.97 Å². The Balaban J connectivity index is 2.11. The van der Waals surface area contributed by atoms with Crippen LogP contribution < -0.4 is 4.74 Å². The number of benzene rings is 2. The average molecular weight is 386 g/mol. The normalized spacial score (nSPS) is 11.2. The van der Waals surface area contributed by atoms with E-state index in [0.29, 0.717) is 5.95 Å². The van der Waals surface area contributed by atoms with Gasteiger partial charge in [0, 0.05) is 17.8 Å². The lowest BCUT2D eigenvalue weighted by Gasteiger charge is -2.12. The summed E-state index contributed by atoms with van der Waals surface area (Å²) in [4.78, 5) is 9.21. The molecule has 2 aromatic carbocycles. The Labute approximate surface area is 172 Å². The molecule has 4 heteroatoms. The monoisotopic (exact) mass is 385 g/mol. The van der Waals surface area contributed by atoms with E-state index < -0.39 is 0 Å². The first-order valence-electron chi connectivity index (χ1n) is 10.2. The first kappa shape index (κ1) is 19.2. The van der Waals surface area contributed by atoms with Crippen LogP contribution >= 0.6 is 0 Å². The minimum atomic E-state index is 0.706. The van der Waals surface area contributed by atoms with Gasteiger partial charge in [0.05, 0.1) is 18.3 Å². The van der Waals surface area contributed by atoms with Gasteiger partial charge in [0.25, 0.3) is 0 Å². The van der Waals surface area contributed by atoms with Gasteiger partial charge in [0.1, 0.15) is 5.75 Å². The van der Waals surface area contributed by atoms with Crippen LogP contribution in [0, 0.1) is 13.8 Å². The lowest BCUT2D eigenvalue weighted by molar-refractivity contribution is 0.415. The molecule has 0 aliphatic heterocycles. The van der Waals surface area contributed by atoms with Crippen LogP contribution in [0.25, 0.3) is 28.1 Å². The summed E-state index contributed by atoms with van der Waals surface area (Å²) in [6.07, 6.45) is 6.94. The van der Waals surface area contributed by atoms with E-state index in [9.17, 15) is 0 Å². The van der Waals surface area contributed by atoms with Gasteiger partial charge in [0.15, 0.2) is 0 Å². The van der Waals surface area contributed by atoms with E-state index in [1.165, 1.54) is 33.3 Å². The van der Waals surface area contributed by atoms with Crippen molar-refractivity contribution in [2.45, 2.75) is 40.0 Å². The van der Waals surface area contributed by atoms with E-state index in [4.69, 9.17) is 4.74 Å². The van der Waals surface area contributed by atoms with Crippen LogP contribution in [0.1, 0.15) is 36.5 Å². The van der Waals surface area contributed by atoms with Crippen molar-refractivity contribution in [2.75, 3.05) is 7.11 Å². The lowest BCUT2D eigenvalue weighted by Crippen LogP contribution is -2.04. The highest BCUT2D eigenvalue weighted by Crippen LogP contribution is 2.39. The maximum Gasteiger partial charge on any atom is 0.234 e. The summed E-state index contributed by atoms with van der Waals surface area (Å²) in [5.41, 5.74) is 7.41. The zero-order valence-corrected chi connectivity index (χ0v) is 17.6. The van der Waals surface area contributed by atoms with Crippen molar-refractivity contribution >= 4 is 10.9 Å². The molecule has 4 nitrogen and oxygen atoms in total. The summed E-state index contributed by atoms with van der Waals surface area (Å²) in [5, 5.41) is 1.30. The molecular weight excluding hydrogens is 358 g/mol. The average Bonchev–Trinajstić information content (AvgIpc) is 3.07. The quantitative estimate of drug-likeness (QED) is 0.405. The van der Waals surface area contributed by atoms with E-state index in [0.717, 1.165) is 30.6 Å². The second-order valence-electron chi connectivity index (χ2n) is 7.52. The van der Waals surface area contributed by atoms with Gasteiger partial charge in [-0.15, -0.1) is 0 Å². The van der Waals surface area contributed by atoms with Gasteiger partial charge in [0.2, 0.25) is 5.95 Å². The number of aromatic nitrogens is 3. The van der Waals surface area contributed by atoms with E-state index in [1.807, 2.05) is 18.2 Å². The second-order valence-corrected chi connectivity index (χ2v) is 7.52. The lowest BCUT2D eigenvalue weighted by atomic mass is 9.98. The SMILES string of the molecule is CCCCc1c(-c2ccc(OC)cc2)n(-c2ncccn2)c2c(C)cc(C)cc12. The van der Waals surface area contributed by atoms with Gasteiger partial charge in [-0.05, 0) is 79.8 Å². The number of methoxy groups -OCH3 is 1. The van der Waals surface area contributed by atoms with Crippen molar-refractivity contribution in [3.63, 3.8) is 0 Å². The third-order valence-electron chi connectivity index (χ3n) is 5.40. The molecule has 0 radical (unpaired) electrons. The molecule has 0 saturated heterocycles. The maximum atomic E-state index is 5.38. The van der Waals surface area contributed by atoms with Crippen LogP contribution in [0.3, 0.4) is 0 Å². The summed E-state index contributed by atoms with van der Waals surface area (Å²) in [6, 6.07) is 14.7. The highest BCUT2D eigenvalue weighted by atomic mass is 16.5. The summed E-state index contributed by atoms with van der Waals surface area (Å²) < 4.78 is 7.61. The molecule has 2 heterocycles. The number of ether oxygens (including phenoxy) is 1. The zero-order chi connectivity index (χ0) is 20.4. The Bertz CT molecular complexity index is 1130. The molecule has 0 saturated carbocycles. The number of aryl methyl sites for hydroxylation is 3. The molecule has 0 bridgehead atoms. The number of nitrogens with zero attached hydrogens (tertiary/aromatic N) is 3. The Hall–Kier alpha value is -3.14. The number of rotatable bonds is 6. The van der Waals surface area contributed by atoms with E-state index in [-0.39, 0.29) is 0 Å². The van der Waals surface area contributed by atoms with Crippen molar-refractivity contribution in [3.05, 3.63) is 71.5 Å². The van der Waals surface area contributed by atoms with Gasteiger partial charge in [-0.3, -0.25) is 4.57 Å². The smallest absolute Gasteiger partial charge is 0.234 e. The fourth-order valence-corrected chi connectivity index (χ4v) is 4.13. The topological polar surface area (TPSA) is 39.9 Å². The molecule has 0 amide bonds. The summed E-state index contributed by atoms with van der Waals surface area (Å²) >= 11 is 0. The summed E-state index contributed by atoms with van der Waals surface area (Å²) in [5.74, 6) is 1.56. The van der Waals surface area contributed by atoms with Crippen LogP contribution in [0.5, 0.6) is 5.75 Å². The Morgan fingerprint density at radius 3 is 2.38 bits per heavy atom. The van der Waals surface area contributed by atoms with Crippen LogP contribution in [0.15, 0.2) is 54.9 Å². The molecule has 0 atom stereocenters. The van der Waals surface area contributed by atoms with E-state index in [2.05, 4.69) is 59.6 Å². The molecule has 0 aliphatic rings. The van der Waals surface area contributed by atoms with Crippen molar-refractivity contribution < 1.29 is 4.74 Å². The van der Waals surface area contributed by atoms with Gasteiger partial charge in [-0.1, -0.05) is 25.0 Å². The Morgan fingerprint density at radius 2 is 1.72 bits per heavy atom. The fourth-order valence-electron chi connectivity index (χ4n) is 4.13. The molecule has 29 heavy (non-hydrogen) atoms. The molecule has 4 rings (SSSR count). The molecule has 0 spiro atoms. The van der Waals surface area contributed by atoms with Crippen LogP contribution in [0.4, 0.5) is 0 Å². The van der Waals surface area contributed by atoms with Crippen molar-refractivity contribution in [2.24, 2.45) is 0 Å². The van der Waals surface area contributed by atoms with Crippen LogP contribution in [0.2, 0.25) is 0 Å². The first-order chi connectivity index (χ1) is 14.1. The Morgan fingerprint density at radius 1 is 1.00 bits per heavy atom. The molecule has 0 aliphatic carbocycles. The van der Waals surface area contributed by atoms with Crippen LogP contribution in [-0.4, -0.2) is 21.6 Å². The molecule has 0 fully saturated rings. The predicted octanol–water partition coefficient (Wildman–Crippen LogP) is 6.06. The molecule has 0 unspecified atom stereocenters. The molecule has 148 valence electrons. The first-order valence-corrected chi connectivity index (χ1v) is 10.2. The number of hydrogen-bond donors (Lipinski definition) is 0. The van der Waals surface area contributed by atoms with Crippen molar-refractivity contribution in [1.82, 2.24) is 14.5 Å². The molecule has 4 aromatic rings. The minimum Gasteiger partial charge on any atom is -0.497 e. The molecule has 0 N–H and O–H groups in total. The van der Waals surface area contributed by atoms with Gasteiger partial charge < -0.3 is 4.74 Å². The molecular formula is C25H27N3O. The summed E-state index contributed by atoms with van der Waals surface area (Å²) in [7, 11) is 1.70. The largest absolute Gasteiger partial charge is 0.497 e. The maximum absolute atomic E-state index is 5.38. The number of hydrogen-bond acceptors (Lipinski definition) is 3. The van der Waals surface area contributed by atoms with Gasteiger partial charge in [-0.2, -0.15) is 0 Å². The number of fused-ring (bicyclic) bond motifs is 1. The fraction of sp³-hybridized carbons (Fsp3) is 0.280. The standard InChI is InChI=1S/C25H27N3O/c1-5-6-8-21-22-16-17(2)15-18(3)23(22)28(25-26-13-7-14-27-25)24(21)19-9-11-20(29-4)12-10-19/h7,9-16H,5-6,8H2,1-4H3. The third-order valence-corrected chi connectivity index (χ3v) is 5.40. The third kappa shape index (κ3) is 3.51. The van der Waals surface area contributed by atoms with Crippen molar-refractivity contribution in [1.29, 1.82) is 0 Å². The van der Waals surface area contributed by atoms with Gasteiger partial charge >= 0.3 is 0 Å². The van der Waals surface area contributed by atoms with Crippen LogP contribution in [-0.2, 0) is 6.42 Å². The number of unbranched alkanes of at least 4 members (excludes halogenated alkanes) is 1. The van der Waals surface area contributed by atoms with Crippen molar-refractivity contribution in [3.8, 4) is 23.0 Å². The Kier molecular flexibility index (Phi) is 5.34. The highest BCUT2D eigenvalue weighted by Gasteiger charge is 2.22.